The Kier molecular flexibility index (Phi) is 4.66. The summed E-state index contributed by atoms with van der Waals surface area (Å²) >= 11 is 3.39. The highest BCUT2D eigenvalue weighted by Crippen LogP contribution is 2.28. The van der Waals surface area contributed by atoms with E-state index in [2.05, 4.69) is 20.9 Å². The van der Waals surface area contributed by atoms with Crippen LogP contribution in [0.4, 0.5) is 0 Å². The van der Waals surface area contributed by atoms with Crippen LogP contribution in [0.2, 0.25) is 0 Å². The van der Waals surface area contributed by atoms with Gasteiger partial charge in [0.15, 0.2) is 5.70 Å². The molecule has 122 valence electrons. The maximum Gasteiger partial charge on any atom is 0.363 e. The number of carbonyl (C=O) groups excluding carboxylic acids is 1. The minimum Gasteiger partial charge on any atom is -0.497 e. The van der Waals surface area contributed by atoms with Gasteiger partial charge in [0, 0.05) is 4.47 Å². The lowest BCUT2D eigenvalue weighted by molar-refractivity contribution is -0.129. The second kappa shape index (κ2) is 6.88. The van der Waals surface area contributed by atoms with Gasteiger partial charge in [-0.25, -0.2) is 9.79 Å². The zero-order chi connectivity index (χ0) is 17.1. The summed E-state index contributed by atoms with van der Waals surface area (Å²) in [4.78, 5) is 16.4. The molecular formula is C18H14BrNO4. The molecule has 1 heterocycles. The Bertz CT molecular complexity index is 841. The minimum atomic E-state index is -0.497. The van der Waals surface area contributed by atoms with Crippen molar-refractivity contribution in [3.63, 3.8) is 0 Å². The summed E-state index contributed by atoms with van der Waals surface area (Å²) in [6.07, 6.45) is 1.67. The molecule has 0 aliphatic carbocycles. The average molecular weight is 388 g/mol. The lowest BCUT2D eigenvalue weighted by Gasteiger charge is -2.07. The molecule has 2 aromatic carbocycles. The molecule has 3 rings (SSSR count). The van der Waals surface area contributed by atoms with Crippen molar-refractivity contribution in [2.75, 3.05) is 14.2 Å². The Hall–Kier alpha value is -2.60. The van der Waals surface area contributed by atoms with Crippen molar-refractivity contribution >= 4 is 33.9 Å². The highest BCUT2D eigenvalue weighted by molar-refractivity contribution is 9.10. The summed E-state index contributed by atoms with van der Waals surface area (Å²) in [6, 6.07) is 12.7. The van der Waals surface area contributed by atoms with Crippen LogP contribution in [0, 0.1) is 0 Å². The molecule has 1 aliphatic heterocycles. The average Bonchev–Trinajstić information content (AvgIpc) is 2.96. The maximum absolute atomic E-state index is 12.1. The van der Waals surface area contributed by atoms with Crippen molar-refractivity contribution in [1.29, 1.82) is 0 Å². The monoisotopic (exact) mass is 387 g/mol. The Balaban J connectivity index is 1.95. The van der Waals surface area contributed by atoms with E-state index in [0.29, 0.717) is 11.3 Å². The lowest BCUT2D eigenvalue weighted by Crippen LogP contribution is -2.07. The van der Waals surface area contributed by atoms with Gasteiger partial charge >= 0.3 is 5.97 Å². The number of ether oxygens (including phenoxy) is 3. The number of aliphatic imine (C=N–C) groups is 1. The van der Waals surface area contributed by atoms with Gasteiger partial charge in [-0.1, -0.05) is 28.1 Å². The van der Waals surface area contributed by atoms with Crippen LogP contribution >= 0.6 is 15.9 Å². The number of rotatable bonds is 4. The van der Waals surface area contributed by atoms with Crippen molar-refractivity contribution in [2.45, 2.75) is 0 Å². The molecule has 0 spiro atoms. The first-order chi connectivity index (χ1) is 11.6. The first-order valence-electron chi connectivity index (χ1n) is 7.11. The van der Waals surface area contributed by atoms with Crippen molar-refractivity contribution in [3.05, 3.63) is 63.8 Å². The third kappa shape index (κ3) is 3.33. The van der Waals surface area contributed by atoms with E-state index in [9.17, 15) is 4.79 Å². The molecule has 0 saturated carbocycles. The number of cyclic esters (lactones) is 1. The fourth-order valence-electron chi connectivity index (χ4n) is 2.23. The third-order valence-electron chi connectivity index (χ3n) is 3.43. The summed E-state index contributed by atoms with van der Waals surface area (Å²) in [6.45, 7) is 0. The second-order valence-electron chi connectivity index (χ2n) is 4.95. The smallest absolute Gasteiger partial charge is 0.363 e. The van der Waals surface area contributed by atoms with Gasteiger partial charge in [0.2, 0.25) is 5.90 Å². The van der Waals surface area contributed by atoms with Gasteiger partial charge in [-0.05, 0) is 42.0 Å². The maximum atomic E-state index is 12.1. The Morgan fingerprint density at radius 3 is 2.50 bits per heavy atom. The van der Waals surface area contributed by atoms with Crippen LogP contribution in [-0.2, 0) is 9.53 Å². The second-order valence-corrected chi connectivity index (χ2v) is 5.87. The molecular weight excluding hydrogens is 374 g/mol. The molecule has 0 aromatic heterocycles. The van der Waals surface area contributed by atoms with Crippen LogP contribution in [0.15, 0.2) is 57.6 Å². The Labute approximate surface area is 147 Å². The highest BCUT2D eigenvalue weighted by atomic mass is 79.9. The molecule has 0 N–H and O–H groups in total. The first-order valence-corrected chi connectivity index (χ1v) is 7.90. The summed E-state index contributed by atoms with van der Waals surface area (Å²) in [5.41, 5.74) is 1.67. The van der Waals surface area contributed by atoms with E-state index < -0.39 is 5.97 Å². The number of methoxy groups -OCH3 is 2. The molecule has 2 aromatic rings. The lowest BCUT2D eigenvalue weighted by atomic mass is 10.2. The zero-order valence-corrected chi connectivity index (χ0v) is 14.7. The topological polar surface area (TPSA) is 57.1 Å². The van der Waals surface area contributed by atoms with Crippen LogP contribution in [0.25, 0.3) is 6.08 Å². The quantitative estimate of drug-likeness (QED) is 0.591. The summed E-state index contributed by atoms with van der Waals surface area (Å²) in [7, 11) is 3.15. The van der Waals surface area contributed by atoms with Crippen molar-refractivity contribution in [2.24, 2.45) is 4.99 Å². The van der Waals surface area contributed by atoms with Gasteiger partial charge in [-0.15, -0.1) is 0 Å². The molecule has 0 bridgehead atoms. The molecule has 0 saturated heterocycles. The highest BCUT2D eigenvalue weighted by Gasteiger charge is 2.26. The molecule has 6 heteroatoms. The number of hydrogen-bond acceptors (Lipinski definition) is 5. The molecule has 24 heavy (non-hydrogen) atoms. The van der Waals surface area contributed by atoms with E-state index in [4.69, 9.17) is 14.2 Å². The number of benzene rings is 2. The van der Waals surface area contributed by atoms with E-state index in [0.717, 1.165) is 15.8 Å². The summed E-state index contributed by atoms with van der Waals surface area (Å²) in [5, 5.41) is 0. The fourth-order valence-corrected chi connectivity index (χ4v) is 2.59. The summed E-state index contributed by atoms with van der Waals surface area (Å²) < 4.78 is 16.5. The number of nitrogens with zero attached hydrogens (tertiary/aromatic N) is 1. The van der Waals surface area contributed by atoms with Crippen LogP contribution in [0.1, 0.15) is 11.1 Å². The largest absolute Gasteiger partial charge is 0.497 e. The van der Waals surface area contributed by atoms with Crippen LogP contribution in [0.3, 0.4) is 0 Å². The van der Waals surface area contributed by atoms with Gasteiger partial charge in [-0.2, -0.15) is 0 Å². The van der Waals surface area contributed by atoms with Gasteiger partial charge in [-0.3, -0.25) is 0 Å². The zero-order valence-electron chi connectivity index (χ0n) is 13.1. The number of hydrogen-bond donors (Lipinski definition) is 0. The van der Waals surface area contributed by atoms with E-state index in [1.807, 2.05) is 30.3 Å². The fraction of sp³-hybridized carbons (Fsp3) is 0.111. The van der Waals surface area contributed by atoms with Crippen molar-refractivity contribution in [1.82, 2.24) is 0 Å². The third-order valence-corrected chi connectivity index (χ3v) is 3.92. The van der Waals surface area contributed by atoms with Crippen LogP contribution in [-0.4, -0.2) is 26.1 Å². The number of halogens is 1. The molecule has 5 nitrogen and oxygen atoms in total. The van der Waals surface area contributed by atoms with Gasteiger partial charge in [0.05, 0.1) is 19.8 Å². The van der Waals surface area contributed by atoms with Crippen molar-refractivity contribution < 1.29 is 19.0 Å². The van der Waals surface area contributed by atoms with E-state index in [-0.39, 0.29) is 11.6 Å². The molecule has 1 aliphatic rings. The normalized spacial score (nSPS) is 15.2. The van der Waals surface area contributed by atoms with Gasteiger partial charge in [0.1, 0.15) is 11.5 Å². The Morgan fingerprint density at radius 2 is 1.83 bits per heavy atom. The Morgan fingerprint density at radius 1 is 1.08 bits per heavy atom. The van der Waals surface area contributed by atoms with E-state index in [1.165, 1.54) is 0 Å². The first kappa shape index (κ1) is 16.3. The van der Waals surface area contributed by atoms with Crippen molar-refractivity contribution in [3.8, 4) is 11.5 Å². The van der Waals surface area contributed by atoms with Crippen LogP contribution < -0.4 is 9.47 Å². The van der Waals surface area contributed by atoms with Gasteiger partial charge in [0.25, 0.3) is 0 Å². The predicted octanol–water partition coefficient (Wildman–Crippen LogP) is 3.81. The number of esters is 1. The molecule has 0 unspecified atom stereocenters. The SMILES string of the molecule is COc1ccc(/C=C2/N=C(c3cc(Br)ccc3OC)OC2=O)cc1. The summed E-state index contributed by atoms with van der Waals surface area (Å²) in [5.74, 6) is 1.05. The minimum absolute atomic E-state index is 0.220. The van der Waals surface area contributed by atoms with Gasteiger partial charge < -0.3 is 14.2 Å². The van der Waals surface area contributed by atoms with E-state index >= 15 is 0 Å². The predicted molar refractivity (Wildman–Crippen MR) is 94.3 cm³/mol. The molecule has 0 fully saturated rings. The standard InChI is InChI=1S/C18H14BrNO4/c1-22-13-6-3-11(4-7-13)9-15-18(21)24-17(20-15)14-10-12(19)5-8-16(14)23-2/h3-10H,1-2H3/b15-9+. The molecule has 0 amide bonds. The number of carbonyl (C=O) groups is 1. The molecule has 0 atom stereocenters. The van der Waals surface area contributed by atoms with E-state index in [1.54, 1.807) is 32.4 Å². The van der Waals surface area contributed by atoms with Crippen LogP contribution in [0.5, 0.6) is 11.5 Å². The molecule has 0 radical (unpaired) electrons.